The van der Waals surface area contributed by atoms with Crippen LogP contribution in [-0.4, -0.2) is 42.2 Å². The highest BCUT2D eigenvalue weighted by Crippen LogP contribution is 2.13. The van der Waals surface area contributed by atoms with Crippen LogP contribution in [0.5, 0.6) is 0 Å². The van der Waals surface area contributed by atoms with Crippen molar-refractivity contribution in [2.45, 2.75) is 27.3 Å². The number of amides is 1. The van der Waals surface area contributed by atoms with E-state index < -0.39 is 0 Å². The summed E-state index contributed by atoms with van der Waals surface area (Å²) in [6, 6.07) is 7.74. The van der Waals surface area contributed by atoms with Crippen LogP contribution in [-0.2, 0) is 11.3 Å². The fourth-order valence-electron chi connectivity index (χ4n) is 2.95. The van der Waals surface area contributed by atoms with Crippen molar-refractivity contribution < 1.29 is 9.53 Å². The summed E-state index contributed by atoms with van der Waals surface area (Å²) in [5.41, 5.74) is 4.53. The van der Waals surface area contributed by atoms with Gasteiger partial charge in [-0.25, -0.2) is 9.97 Å². The number of anilines is 1. The molecule has 132 valence electrons. The van der Waals surface area contributed by atoms with E-state index in [2.05, 4.69) is 20.2 Å². The Morgan fingerprint density at radius 2 is 1.92 bits per heavy atom. The molecule has 6 heteroatoms. The van der Waals surface area contributed by atoms with Crippen molar-refractivity contribution in [2.24, 2.45) is 0 Å². The lowest BCUT2D eigenvalue weighted by Gasteiger charge is -2.27. The van der Waals surface area contributed by atoms with E-state index in [9.17, 15) is 4.79 Å². The third-order valence-electron chi connectivity index (χ3n) is 4.25. The average Bonchev–Trinajstić information content (AvgIpc) is 2.60. The van der Waals surface area contributed by atoms with Crippen molar-refractivity contribution in [3.8, 4) is 0 Å². The van der Waals surface area contributed by atoms with Gasteiger partial charge in [-0.05, 0) is 38.5 Å². The van der Waals surface area contributed by atoms with Crippen molar-refractivity contribution in [1.82, 2.24) is 15.3 Å². The van der Waals surface area contributed by atoms with Gasteiger partial charge in [0.05, 0.1) is 25.5 Å². The maximum Gasteiger partial charge on any atom is 0.251 e. The second-order valence-corrected chi connectivity index (χ2v) is 6.40. The molecule has 2 heterocycles. The minimum atomic E-state index is -0.0818. The normalized spacial score (nSPS) is 14.4. The first-order valence-electron chi connectivity index (χ1n) is 8.55. The molecule has 1 aromatic heterocycles. The SMILES string of the molecule is Cc1ccc(C(=O)NCc2cc(C)nc(N3CCOCC3)n2)c(C)c1. The number of nitrogens with zero attached hydrogens (tertiary/aromatic N) is 3. The molecule has 0 spiro atoms. The Morgan fingerprint density at radius 3 is 2.64 bits per heavy atom. The predicted octanol–water partition coefficient (Wildman–Crippen LogP) is 2.17. The van der Waals surface area contributed by atoms with Gasteiger partial charge >= 0.3 is 0 Å². The molecule has 0 atom stereocenters. The molecule has 25 heavy (non-hydrogen) atoms. The molecule has 0 radical (unpaired) electrons. The molecule has 1 saturated heterocycles. The Hall–Kier alpha value is -2.47. The molecular formula is C19H24N4O2. The van der Waals surface area contributed by atoms with Crippen molar-refractivity contribution >= 4 is 11.9 Å². The summed E-state index contributed by atoms with van der Waals surface area (Å²) in [7, 11) is 0. The van der Waals surface area contributed by atoms with Gasteiger partial charge in [0.15, 0.2) is 0 Å². The number of ether oxygens (including phenoxy) is 1. The topological polar surface area (TPSA) is 67.4 Å². The van der Waals surface area contributed by atoms with E-state index >= 15 is 0 Å². The van der Waals surface area contributed by atoms with Gasteiger partial charge in [0.1, 0.15) is 0 Å². The Morgan fingerprint density at radius 1 is 1.16 bits per heavy atom. The Balaban J connectivity index is 1.70. The monoisotopic (exact) mass is 340 g/mol. The number of carbonyl (C=O) groups is 1. The molecule has 1 N–H and O–H groups in total. The number of hydrogen-bond acceptors (Lipinski definition) is 5. The van der Waals surface area contributed by atoms with E-state index in [-0.39, 0.29) is 5.91 Å². The molecule has 1 amide bonds. The van der Waals surface area contributed by atoms with Gasteiger partial charge in [-0.1, -0.05) is 17.7 Å². The maximum atomic E-state index is 12.4. The summed E-state index contributed by atoms with van der Waals surface area (Å²) < 4.78 is 5.37. The number of morpholine rings is 1. The van der Waals surface area contributed by atoms with E-state index in [1.54, 1.807) is 0 Å². The fraction of sp³-hybridized carbons (Fsp3) is 0.421. The van der Waals surface area contributed by atoms with Crippen LogP contribution in [0.15, 0.2) is 24.3 Å². The number of hydrogen-bond donors (Lipinski definition) is 1. The lowest BCUT2D eigenvalue weighted by Crippen LogP contribution is -2.37. The molecule has 3 rings (SSSR count). The number of rotatable bonds is 4. The summed E-state index contributed by atoms with van der Waals surface area (Å²) in [6.07, 6.45) is 0. The minimum Gasteiger partial charge on any atom is -0.378 e. The molecule has 0 aliphatic carbocycles. The first-order valence-corrected chi connectivity index (χ1v) is 8.55. The molecular weight excluding hydrogens is 316 g/mol. The summed E-state index contributed by atoms with van der Waals surface area (Å²) in [4.78, 5) is 23.7. The highest BCUT2D eigenvalue weighted by molar-refractivity contribution is 5.95. The van der Waals surface area contributed by atoms with Crippen LogP contribution >= 0.6 is 0 Å². The molecule has 0 saturated carbocycles. The van der Waals surface area contributed by atoms with Gasteiger partial charge in [0.2, 0.25) is 5.95 Å². The number of carbonyl (C=O) groups excluding carboxylic acids is 1. The smallest absolute Gasteiger partial charge is 0.251 e. The highest BCUT2D eigenvalue weighted by Gasteiger charge is 2.15. The van der Waals surface area contributed by atoms with Crippen molar-refractivity contribution in [1.29, 1.82) is 0 Å². The minimum absolute atomic E-state index is 0.0818. The largest absolute Gasteiger partial charge is 0.378 e. The van der Waals surface area contributed by atoms with Gasteiger partial charge in [0.25, 0.3) is 5.91 Å². The Bertz CT molecular complexity index is 770. The summed E-state index contributed by atoms with van der Waals surface area (Å²) in [6.45, 7) is 9.26. The Kier molecular flexibility index (Phi) is 5.28. The van der Waals surface area contributed by atoms with Gasteiger partial charge in [-0.3, -0.25) is 4.79 Å². The first kappa shape index (κ1) is 17.4. The van der Waals surface area contributed by atoms with Gasteiger partial charge in [-0.15, -0.1) is 0 Å². The summed E-state index contributed by atoms with van der Waals surface area (Å²) >= 11 is 0. The van der Waals surface area contributed by atoms with Crippen molar-refractivity contribution in [3.63, 3.8) is 0 Å². The number of aromatic nitrogens is 2. The third kappa shape index (κ3) is 4.33. The second kappa shape index (κ2) is 7.61. The zero-order valence-corrected chi connectivity index (χ0v) is 15.0. The zero-order chi connectivity index (χ0) is 17.8. The molecule has 1 aliphatic rings. The van der Waals surface area contributed by atoms with E-state index in [0.717, 1.165) is 35.6 Å². The first-order chi connectivity index (χ1) is 12.0. The van der Waals surface area contributed by atoms with Crippen LogP contribution < -0.4 is 10.2 Å². The van der Waals surface area contributed by atoms with Crippen LogP contribution in [0.25, 0.3) is 0 Å². The van der Waals surface area contributed by atoms with E-state index in [4.69, 9.17) is 4.74 Å². The summed E-state index contributed by atoms with van der Waals surface area (Å²) in [5, 5.41) is 2.96. The van der Waals surface area contributed by atoms with E-state index in [1.165, 1.54) is 0 Å². The van der Waals surface area contributed by atoms with E-state index in [1.807, 2.05) is 45.0 Å². The molecule has 2 aromatic rings. The van der Waals surface area contributed by atoms with Crippen LogP contribution in [0.2, 0.25) is 0 Å². The fourth-order valence-corrected chi connectivity index (χ4v) is 2.95. The lowest BCUT2D eigenvalue weighted by molar-refractivity contribution is 0.0950. The number of nitrogens with one attached hydrogen (secondary N) is 1. The second-order valence-electron chi connectivity index (χ2n) is 6.40. The van der Waals surface area contributed by atoms with Crippen molar-refractivity contribution in [2.75, 3.05) is 31.2 Å². The average molecular weight is 340 g/mol. The van der Waals surface area contributed by atoms with Crippen LogP contribution in [0.3, 0.4) is 0 Å². The number of benzene rings is 1. The predicted molar refractivity (Wildman–Crippen MR) is 96.9 cm³/mol. The molecule has 6 nitrogen and oxygen atoms in total. The summed E-state index contributed by atoms with van der Waals surface area (Å²) in [5.74, 6) is 0.626. The van der Waals surface area contributed by atoms with Crippen molar-refractivity contribution in [3.05, 3.63) is 52.3 Å². The van der Waals surface area contributed by atoms with Crippen LogP contribution in [0.1, 0.15) is 32.9 Å². The third-order valence-corrected chi connectivity index (χ3v) is 4.25. The standard InChI is InChI=1S/C19H24N4O2/c1-13-4-5-17(14(2)10-13)18(24)20-12-16-11-15(3)21-19(22-16)23-6-8-25-9-7-23/h4-5,10-11H,6-9,12H2,1-3H3,(H,20,24). The molecule has 0 bridgehead atoms. The van der Waals surface area contributed by atoms with E-state index in [0.29, 0.717) is 31.3 Å². The maximum absolute atomic E-state index is 12.4. The van der Waals surface area contributed by atoms with Crippen LogP contribution in [0.4, 0.5) is 5.95 Å². The lowest BCUT2D eigenvalue weighted by atomic mass is 10.1. The van der Waals surface area contributed by atoms with Gasteiger partial charge < -0.3 is 15.0 Å². The van der Waals surface area contributed by atoms with Gasteiger partial charge in [0, 0.05) is 24.3 Å². The molecule has 0 unspecified atom stereocenters. The van der Waals surface area contributed by atoms with Gasteiger partial charge in [-0.2, -0.15) is 0 Å². The zero-order valence-electron chi connectivity index (χ0n) is 15.0. The highest BCUT2D eigenvalue weighted by atomic mass is 16.5. The molecule has 1 fully saturated rings. The molecule has 1 aromatic carbocycles. The van der Waals surface area contributed by atoms with Crippen LogP contribution in [0, 0.1) is 20.8 Å². The Labute approximate surface area is 148 Å². The number of aryl methyl sites for hydroxylation is 3. The quantitative estimate of drug-likeness (QED) is 0.924. The molecule has 1 aliphatic heterocycles.